The second-order valence-electron chi connectivity index (χ2n) is 5.25. The van der Waals surface area contributed by atoms with Gasteiger partial charge in [0.25, 0.3) is 0 Å². The summed E-state index contributed by atoms with van der Waals surface area (Å²) in [6.45, 7) is 11.5. The fourth-order valence-electron chi connectivity index (χ4n) is 2.28. The lowest BCUT2D eigenvalue weighted by atomic mass is 10.1. The molecule has 0 fully saturated rings. The highest BCUT2D eigenvalue weighted by Crippen LogP contribution is 2.11. The highest BCUT2D eigenvalue weighted by molar-refractivity contribution is 4.93. The maximum atomic E-state index is 3.60. The lowest BCUT2D eigenvalue weighted by Crippen LogP contribution is -2.44. The van der Waals surface area contributed by atoms with Crippen molar-refractivity contribution in [2.75, 3.05) is 26.2 Å². The topological polar surface area (TPSA) is 15.3 Å². The van der Waals surface area contributed by atoms with Gasteiger partial charge in [-0.15, -0.1) is 0 Å². The summed E-state index contributed by atoms with van der Waals surface area (Å²) in [6, 6.07) is 0.730. The number of hydrogen-bond donors (Lipinski definition) is 1. The van der Waals surface area contributed by atoms with Gasteiger partial charge in [-0.05, 0) is 25.3 Å². The molecule has 1 atom stereocenters. The van der Waals surface area contributed by atoms with Crippen LogP contribution in [0.5, 0.6) is 0 Å². The minimum atomic E-state index is 0.730. The van der Waals surface area contributed by atoms with Gasteiger partial charge in [0.1, 0.15) is 0 Å². The Morgan fingerprint density at radius 2 is 2.06 bits per heavy atom. The molecule has 0 bridgehead atoms. The average Bonchev–Trinajstić information content (AvgIpc) is 2.29. The molecule has 2 heteroatoms. The highest BCUT2D eigenvalue weighted by atomic mass is 15.2. The molecule has 1 aliphatic rings. The summed E-state index contributed by atoms with van der Waals surface area (Å²) in [5.74, 6) is 0.753. The minimum absolute atomic E-state index is 0.730. The van der Waals surface area contributed by atoms with Crippen LogP contribution in [-0.4, -0.2) is 37.1 Å². The zero-order valence-corrected chi connectivity index (χ0v) is 11.2. The molecule has 0 saturated carbocycles. The van der Waals surface area contributed by atoms with Crippen molar-refractivity contribution in [3.63, 3.8) is 0 Å². The Hall–Kier alpha value is -0.340. The van der Waals surface area contributed by atoms with Crippen LogP contribution in [0.2, 0.25) is 0 Å². The molecule has 1 N–H and O–H groups in total. The van der Waals surface area contributed by atoms with Gasteiger partial charge in [-0.3, -0.25) is 4.90 Å². The summed E-state index contributed by atoms with van der Waals surface area (Å²) in [6.07, 6.45) is 8.45. The zero-order chi connectivity index (χ0) is 11.8. The SMILES string of the molecule is CCCC(CNCC(C)C)N1CC=CCC1. The molecule has 1 heterocycles. The van der Waals surface area contributed by atoms with Crippen LogP contribution in [0.15, 0.2) is 12.2 Å². The van der Waals surface area contributed by atoms with Crippen molar-refractivity contribution in [2.45, 2.75) is 46.1 Å². The maximum absolute atomic E-state index is 3.60. The van der Waals surface area contributed by atoms with E-state index in [1.54, 1.807) is 0 Å². The van der Waals surface area contributed by atoms with Crippen LogP contribution in [0.1, 0.15) is 40.0 Å². The van der Waals surface area contributed by atoms with Gasteiger partial charge in [-0.2, -0.15) is 0 Å². The first-order chi connectivity index (χ1) is 7.74. The van der Waals surface area contributed by atoms with E-state index in [0.717, 1.165) is 31.6 Å². The summed E-state index contributed by atoms with van der Waals surface area (Å²) in [5, 5.41) is 3.60. The van der Waals surface area contributed by atoms with Crippen LogP contribution in [0.3, 0.4) is 0 Å². The van der Waals surface area contributed by atoms with Crippen molar-refractivity contribution in [1.29, 1.82) is 0 Å². The van der Waals surface area contributed by atoms with Gasteiger partial charge in [0.05, 0.1) is 0 Å². The fraction of sp³-hybridized carbons (Fsp3) is 0.857. The second-order valence-corrected chi connectivity index (χ2v) is 5.25. The Balaban J connectivity index is 2.31. The Labute approximate surface area is 101 Å². The van der Waals surface area contributed by atoms with Crippen LogP contribution < -0.4 is 5.32 Å². The van der Waals surface area contributed by atoms with E-state index in [1.165, 1.54) is 25.8 Å². The Bertz CT molecular complexity index is 199. The summed E-state index contributed by atoms with van der Waals surface area (Å²) in [4.78, 5) is 2.62. The van der Waals surface area contributed by atoms with Crippen molar-refractivity contribution >= 4 is 0 Å². The maximum Gasteiger partial charge on any atom is 0.0223 e. The largest absolute Gasteiger partial charge is 0.315 e. The Morgan fingerprint density at radius 3 is 2.62 bits per heavy atom. The number of rotatable bonds is 7. The van der Waals surface area contributed by atoms with Gasteiger partial charge in [-0.25, -0.2) is 0 Å². The van der Waals surface area contributed by atoms with Crippen molar-refractivity contribution in [1.82, 2.24) is 10.2 Å². The van der Waals surface area contributed by atoms with Gasteiger partial charge in [0.15, 0.2) is 0 Å². The lowest BCUT2D eigenvalue weighted by Gasteiger charge is -2.32. The summed E-state index contributed by atoms with van der Waals surface area (Å²) >= 11 is 0. The molecule has 0 amide bonds. The monoisotopic (exact) mass is 224 g/mol. The molecule has 0 saturated heterocycles. The van der Waals surface area contributed by atoms with E-state index in [9.17, 15) is 0 Å². The molecule has 0 aromatic rings. The van der Waals surface area contributed by atoms with Crippen molar-refractivity contribution in [2.24, 2.45) is 5.92 Å². The Kier molecular flexibility index (Phi) is 6.74. The third-order valence-corrected chi connectivity index (χ3v) is 3.16. The predicted octanol–water partition coefficient (Wildman–Crippen LogP) is 2.66. The molecule has 0 aromatic heterocycles. The number of nitrogens with zero attached hydrogens (tertiary/aromatic N) is 1. The zero-order valence-electron chi connectivity index (χ0n) is 11.2. The molecule has 0 aliphatic carbocycles. The quantitative estimate of drug-likeness (QED) is 0.669. The molecule has 1 aliphatic heterocycles. The minimum Gasteiger partial charge on any atom is -0.315 e. The van der Waals surface area contributed by atoms with Crippen molar-refractivity contribution in [3.05, 3.63) is 12.2 Å². The summed E-state index contributed by atoms with van der Waals surface area (Å²) in [5.41, 5.74) is 0. The van der Waals surface area contributed by atoms with E-state index in [4.69, 9.17) is 0 Å². The van der Waals surface area contributed by atoms with Gasteiger partial charge in [0.2, 0.25) is 0 Å². The fourth-order valence-corrected chi connectivity index (χ4v) is 2.28. The van der Waals surface area contributed by atoms with Crippen LogP contribution in [0, 0.1) is 5.92 Å². The molecule has 0 radical (unpaired) electrons. The standard InChI is InChI=1S/C14H28N2/c1-4-8-14(12-15-11-13(2)3)16-9-6-5-7-10-16/h5-6,13-15H,4,7-12H2,1-3H3. The van der Waals surface area contributed by atoms with Gasteiger partial charge < -0.3 is 5.32 Å². The van der Waals surface area contributed by atoms with Gasteiger partial charge in [-0.1, -0.05) is 39.3 Å². The first kappa shape index (κ1) is 13.7. The van der Waals surface area contributed by atoms with Crippen LogP contribution in [-0.2, 0) is 0 Å². The third kappa shape index (κ3) is 5.13. The molecular formula is C14H28N2. The molecule has 0 spiro atoms. The first-order valence-corrected chi connectivity index (χ1v) is 6.83. The van der Waals surface area contributed by atoms with Crippen molar-refractivity contribution < 1.29 is 0 Å². The number of hydrogen-bond acceptors (Lipinski definition) is 2. The molecule has 16 heavy (non-hydrogen) atoms. The molecule has 0 aromatic carbocycles. The molecule has 1 unspecified atom stereocenters. The molecule has 1 rings (SSSR count). The molecule has 2 nitrogen and oxygen atoms in total. The van der Waals surface area contributed by atoms with E-state index >= 15 is 0 Å². The second kappa shape index (κ2) is 7.86. The van der Waals surface area contributed by atoms with Gasteiger partial charge >= 0.3 is 0 Å². The van der Waals surface area contributed by atoms with E-state index in [2.05, 4.69) is 43.1 Å². The highest BCUT2D eigenvalue weighted by Gasteiger charge is 2.17. The average molecular weight is 224 g/mol. The van der Waals surface area contributed by atoms with Gasteiger partial charge in [0, 0.05) is 25.7 Å². The molecular weight excluding hydrogens is 196 g/mol. The Morgan fingerprint density at radius 1 is 1.25 bits per heavy atom. The smallest absolute Gasteiger partial charge is 0.0223 e. The van der Waals surface area contributed by atoms with Crippen LogP contribution >= 0.6 is 0 Å². The van der Waals surface area contributed by atoms with E-state index in [-0.39, 0.29) is 0 Å². The molecule has 94 valence electrons. The van der Waals surface area contributed by atoms with E-state index in [1.807, 2.05) is 0 Å². The third-order valence-electron chi connectivity index (χ3n) is 3.16. The summed E-state index contributed by atoms with van der Waals surface area (Å²) in [7, 11) is 0. The van der Waals surface area contributed by atoms with Crippen LogP contribution in [0.25, 0.3) is 0 Å². The normalized spacial score (nSPS) is 19.2. The number of nitrogens with one attached hydrogen (secondary N) is 1. The predicted molar refractivity (Wildman–Crippen MR) is 71.7 cm³/mol. The van der Waals surface area contributed by atoms with E-state index in [0.29, 0.717) is 0 Å². The first-order valence-electron chi connectivity index (χ1n) is 6.83. The summed E-state index contributed by atoms with van der Waals surface area (Å²) < 4.78 is 0. The van der Waals surface area contributed by atoms with E-state index < -0.39 is 0 Å². The van der Waals surface area contributed by atoms with Crippen LogP contribution in [0.4, 0.5) is 0 Å². The van der Waals surface area contributed by atoms with Crippen molar-refractivity contribution in [3.8, 4) is 0 Å². The lowest BCUT2D eigenvalue weighted by molar-refractivity contribution is 0.196.